The first-order valence-corrected chi connectivity index (χ1v) is 9.47. The van der Waals surface area contributed by atoms with Gasteiger partial charge in [0, 0.05) is 26.3 Å². The maximum atomic E-state index is 14.3. The Morgan fingerprint density at radius 3 is 2.60 bits per heavy atom. The monoisotopic (exact) mass is 444 g/mol. The van der Waals surface area contributed by atoms with Crippen molar-refractivity contribution >= 4 is 40.3 Å². The fourth-order valence-electron chi connectivity index (χ4n) is 3.16. The van der Waals surface area contributed by atoms with Crippen LogP contribution in [0, 0.1) is 5.82 Å². The first-order valence-electron chi connectivity index (χ1n) is 9.09. The van der Waals surface area contributed by atoms with Crippen LogP contribution in [-0.4, -0.2) is 38.8 Å². The Labute approximate surface area is 173 Å². The van der Waals surface area contributed by atoms with Gasteiger partial charge in [-0.2, -0.15) is 18.2 Å². The molecule has 2 aromatic heterocycles. The third kappa shape index (κ3) is 4.12. The van der Waals surface area contributed by atoms with E-state index >= 15 is 0 Å². The number of rotatable bonds is 4. The van der Waals surface area contributed by atoms with Crippen LogP contribution in [0.25, 0.3) is 11.2 Å². The Hall–Kier alpha value is -2.66. The Balaban J connectivity index is 1.61. The van der Waals surface area contributed by atoms with Crippen molar-refractivity contribution in [1.29, 1.82) is 0 Å². The molecule has 7 nitrogen and oxygen atoms in total. The molecule has 0 saturated carbocycles. The highest BCUT2D eigenvalue weighted by Crippen LogP contribution is 2.36. The van der Waals surface area contributed by atoms with Crippen molar-refractivity contribution in [3.05, 3.63) is 34.7 Å². The molecular formula is C18H17ClF4N6O. The lowest BCUT2D eigenvalue weighted by atomic mass is 10.1. The fourth-order valence-corrected chi connectivity index (χ4v) is 3.41. The normalized spacial score (nSPS) is 15.5. The number of halogens is 5. The lowest BCUT2D eigenvalue weighted by Gasteiger charge is -2.22. The van der Waals surface area contributed by atoms with E-state index in [1.54, 1.807) is 11.6 Å². The van der Waals surface area contributed by atoms with Crippen LogP contribution in [0.1, 0.15) is 18.4 Å². The van der Waals surface area contributed by atoms with E-state index in [1.165, 1.54) is 6.20 Å². The molecular weight excluding hydrogens is 428 g/mol. The van der Waals surface area contributed by atoms with Gasteiger partial charge in [0.25, 0.3) is 0 Å². The van der Waals surface area contributed by atoms with Crippen molar-refractivity contribution in [3.63, 3.8) is 0 Å². The number of hydrogen-bond donors (Lipinski definition) is 2. The van der Waals surface area contributed by atoms with Gasteiger partial charge in [-0.25, -0.2) is 14.4 Å². The maximum absolute atomic E-state index is 14.3. The van der Waals surface area contributed by atoms with Crippen LogP contribution < -0.4 is 10.6 Å². The minimum atomic E-state index is -4.70. The summed E-state index contributed by atoms with van der Waals surface area (Å²) in [6.07, 6.45) is -1.51. The molecule has 0 unspecified atom stereocenters. The molecule has 0 aliphatic carbocycles. The van der Waals surface area contributed by atoms with E-state index in [-0.39, 0.29) is 17.7 Å². The zero-order valence-electron chi connectivity index (χ0n) is 15.7. The summed E-state index contributed by atoms with van der Waals surface area (Å²) in [5, 5.41) is 5.48. The minimum absolute atomic E-state index is 0.156. The summed E-state index contributed by atoms with van der Waals surface area (Å²) in [5.74, 6) is -0.569. The van der Waals surface area contributed by atoms with Crippen LogP contribution >= 0.6 is 11.6 Å². The van der Waals surface area contributed by atoms with Gasteiger partial charge in [0.15, 0.2) is 5.65 Å². The fraction of sp³-hybridized carbons (Fsp3) is 0.389. The summed E-state index contributed by atoms with van der Waals surface area (Å²) in [7, 11) is 1.64. The number of hydrogen-bond acceptors (Lipinski definition) is 6. The van der Waals surface area contributed by atoms with Gasteiger partial charge in [0.1, 0.15) is 11.3 Å². The molecule has 160 valence electrons. The summed E-state index contributed by atoms with van der Waals surface area (Å²) < 4.78 is 59.7. The van der Waals surface area contributed by atoms with Crippen LogP contribution in [0.15, 0.2) is 18.3 Å². The summed E-state index contributed by atoms with van der Waals surface area (Å²) >= 11 is 5.89. The minimum Gasteiger partial charge on any atom is -0.381 e. The van der Waals surface area contributed by atoms with Crippen molar-refractivity contribution < 1.29 is 22.3 Å². The summed E-state index contributed by atoms with van der Waals surface area (Å²) in [6, 6.07) is 1.24. The molecule has 1 fully saturated rings. The molecule has 2 N–H and O–H groups in total. The Morgan fingerprint density at radius 1 is 1.20 bits per heavy atom. The molecule has 0 radical (unpaired) electrons. The number of nitrogens with one attached hydrogen (secondary N) is 2. The Morgan fingerprint density at radius 2 is 1.93 bits per heavy atom. The molecule has 4 rings (SSSR count). The van der Waals surface area contributed by atoms with Crippen LogP contribution in [0.4, 0.5) is 35.1 Å². The Bertz CT molecular complexity index is 1060. The van der Waals surface area contributed by atoms with Crippen molar-refractivity contribution in [2.45, 2.75) is 25.1 Å². The zero-order chi connectivity index (χ0) is 21.5. The second kappa shape index (κ2) is 7.88. The quantitative estimate of drug-likeness (QED) is 0.577. The maximum Gasteiger partial charge on any atom is 0.416 e. The average molecular weight is 445 g/mol. The van der Waals surface area contributed by atoms with Crippen molar-refractivity contribution in [1.82, 2.24) is 19.5 Å². The second-order valence-corrected chi connectivity index (χ2v) is 7.27. The number of fused-ring (bicyclic) bond motifs is 1. The topological polar surface area (TPSA) is 76.9 Å². The molecule has 3 aromatic rings. The summed E-state index contributed by atoms with van der Waals surface area (Å²) in [6.45, 7) is 1.33. The first kappa shape index (κ1) is 20.6. The smallest absolute Gasteiger partial charge is 0.381 e. The van der Waals surface area contributed by atoms with E-state index < -0.39 is 22.6 Å². The van der Waals surface area contributed by atoms with Gasteiger partial charge < -0.3 is 15.4 Å². The number of imidazole rings is 1. The molecule has 30 heavy (non-hydrogen) atoms. The SMILES string of the molecule is Cn1c(Nc2c(F)cc(C(F)(F)F)cc2Cl)nc2cnc(NC3CCOCC3)nc21. The summed E-state index contributed by atoms with van der Waals surface area (Å²) in [4.78, 5) is 13.0. The zero-order valence-corrected chi connectivity index (χ0v) is 16.5. The second-order valence-electron chi connectivity index (χ2n) is 6.87. The molecule has 12 heteroatoms. The van der Waals surface area contributed by atoms with E-state index in [9.17, 15) is 17.6 Å². The van der Waals surface area contributed by atoms with E-state index in [0.717, 1.165) is 12.8 Å². The number of aryl methyl sites for hydroxylation is 1. The lowest BCUT2D eigenvalue weighted by molar-refractivity contribution is -0.137. The van der Waals surface area contributed by atoms with Crippen molar-refractivity contribution in [2.75, 3.05) is 23.8 Å². The van der Waals surface area contributed by atoms with Crippen molar-refractivity contribution in [3.8, 4) is 0 Å². The highest BCUT2D eigenvalue weighted by Gasteiger charge is 2.32. The third-order valence-corrected chi connectivity index (χ3v) is 5.07. The Kier molecular flexibility index (Phi) is 5.41. The number of aromatic nitrogens is 4. The van der Waals surface area contributed by atoms with Gasteiger partial charge in [-0.15, -0.1) is 0 Å². The first-order chi connectivity index (χ1) is 14.2. The number of anilines is 3. The number of benzene rings is 1. The van der Waals surface area contributed by atoms with Crippen molar-refractivity contribution in [2.24, 2.45) is 7.05 Å². The van der Waals surface area contributed by atoms with E-state index in [4.69, 9.17) is 16.3 Å². The standard InChI is InChI=1S/C18H17ClF4N6O/c1-29-15-13(8-24-16(28-15)25-10-2-4-30-5-3-10)26-17(29)27-14-11(19)6-9(7-12(14)20)18(21,22)23/h6-8,10H,2-5H2,1H3,(H,26,27)(H,24,25,28). The van der Waals surface area contributed by atoms with Crippen LogP contribution in [0.3, 0.4) is 0 Å². The molecule has 0 amide bonds. The number of nitrogens with zero attached hydrogens (tertiary/aromatic N) is 4. The highest BCUT2D eigenvalue weighted by molar-refractivity contribution is 6.33. The summed E-state index contributed by atoms with van der Waals surface area (Å²) in [5.41, 5.74) is -0.585. The largest absolute Gasteiger partial charge is 0.416 e. The number of ether oxygens (including phenoxy) is 1. The number of alkyl halides is 3. The van der Waals surface area contributed by atoms with Gasteiger partial charge in [0.2, 0.25) is 11.9 Å². The molecule has 1 aliphatic heterocycles. The predicted molar refractivity (Wildman–Crippen MR) is 103 cm³/mol. The molecule has 1 aromatic carbocycles. The lowest BCUT2D eigenvalue weighted by Crippen LogP contribution is -2.28. The molecule has 0 spiro atoms. The van der Waals surface area contributed by atoms with Gasteiger partial charge in [-0.05, 0) is 25.0 Å². The predicted octanol–water partition coefficient (Wildman–Crippen LogP) is 4.51. The highest BCUT2D eigenvalue weighted by atomic mass is 35.5. The van der Waals surface area contributed by atoms with Gasteiger partial charge in [-0.3, -0.25) is 4.57 Å². The van der Waals surface area contributed by atoms with Crippen LogP contribution in [0.2, 0.25) is 5.02 Å². The van der Waals surface area contributed by atoms with E-state index in [0.29, 0.717) is 42.5 Å². The molecule has 1 aliphatic rings. The van der Waals surface area contributed by atoms with Crippen LogP contribution in [0.5, 0.6) is 0 Å². The van der Waals surface area contributed by atoms with E-state index in [1.807, 2.05) is 0 Å². The van der Waals surface area contributed by atoms with Gasteiger partial charge in [-0.1, -0.05) is 11.6 Å². The molecule has 1 saturated heterocycles. The van der Waals surface area contributed by atoms with Gasteiger partial charge in [0.05, 0.1) is 22.5 Å². The van der Waals surface area contributed by atoms with Gasteiger partial charge >= 0.3 is 6.18 Å². The van der Waals surface area contributed by atoms with Crippen LogP contribution in [-0.2, 0) is 18.0 Å². The molecule has 3 heterocycles. The molecule has 0 atom stereocenters. The average Bonchev–Trinajstić information content (AvgIpc) is 3.00. The third-order valence-electron chi connectivity index (χ3n) is 4.77. The molecule has 0 bridgehead atoms. The van der Waals surface area contributed by atoms with E-state index in [2.05, 4.69) is 25.6 Å².